The lowest BCUT2D eigenvalue weighted by Crippen LogP contribution is -2.46. The second kappa shape index (κ2) is 9.96. The predicted octanol–water partition coefficient (Wildman–Crippen LogP) is 5.02. The van der Waals surface area contributed by atoms with E-state index in [4.69, 9.17) is 4.74 Å². The molecule has 2 N–H and O–H groups in total. The molecule has 0 saturated carbocycles. The first-order valence-electron chi connectivity index (χ1n) is 14.1. The van der Waals surface area contributed by atoms with Crippen LogP contribution in [0.5, 0.6) is 0 Å². The third-order valence-electron chi connectivity index (χ3n) is 8.93. The Morgan fingerprint density at radius 2 is 1.62 bits per heavy atom. The molecule has 3 aromatic carbocycles. The molecule has 1 spiro atoms. The Bertz CT molecular complexity index is 1450. The molecule has 208 valence electrons. The van der Waals surface area contributed by atoms with Crippen molar-refractivity contribution in [3.8, 4) is 0 Å². The first kappa shape index (κ1) is 26.9. The Hall–Kier alpha value is -3.30. The van der Waals surface area contributed by atoms with Gasteiger partial charge in [-0.15, -0.1) is 0 Å². The van der Waals surface area contributed by atoms with Gasteiger partial charge in [-0.3, -0.25) is 14.5 Å². The zero-order chi connectivity index (χ0) is 28.2. The summed E-state index contributed by atoms with van der Waals surface area (Å²) in [4.78, 5) is 42.0. The van der Waals surface area contributed by atoms with E-state index in [0.29, 0.717) is 19.4 Å². The summed E-state index contributed by atoms with van der Waals surface area (Å²) in [5, 5.41) is 9.76. The van der Waals surface area contributed by atoms with Crippen molar-refractivity contribution in [3.05, 3.63) is 89.5 Å². The van der Waals surface area contributed by atoms with E-state index in [1.54, 1.807) is 9.80 Å². The number of para-hydroxylation sites is 2. The lowest BCUT2D eigenvalue weighted by molar-refractivity contribution is -0.146. The Kier molecular flexibility index (Phi) is 6.69. The van der Waals surface area contributed by atoms with Crippen molar-refractivity contribution in [2.75, 3.05) is 16.4 Å². The van der Waals surface area contributed by atoms with Gasteiger partial charge in [0.1, 0.15) is 0 Å². The topological polar surface area (TPSA) is 90.3 Å². The molecule has 3 aliphatic heterocycles. The van der Waals surface area contributed by atoms with Crippen molar-refractivity contribution in [3.63, 3.8) is 0 Å². The summed E-state index contributed by atoms with van der Waals surface area (Å²) in [6.45, 7) is 6.07. The number of aliphatic hydroxyl groups excluding tert-OH is 1. The Morgan fingerprint density at radius 3 is 2.33 bits per heavy atom. The van der Waals surface area contributed by atoms with Crippen LogP contribution in [0.2, 0.25) is 18.6 Å². The van der Waals surface area contributed by atoms with Crippen LogP contribution in [0.4, 0.5) is 17.1 Å². The van der Waals surface area contributed by atoms with Crippen LogP contribution in [-0.4, -0.2) is 42.7 Å². The van der Waals surface area contributed by atoms with Crippen LogP contribution in [0.1, 0.15) is 36.5 Å². The Labute approximate surface area is 236 Å². The van der Waals surface area contributed by atoms with Crippen LogP contribution >= 0.6 is 0 Å². The van der Waals surface area contributed by atoms with Gasteiger partial charge in [0.15, 0.2) is 13.9 Å². The van der Waals surface area contributed by atoms with Crippen molar-refractivity contribution in [1.29, 1.82) is 0 Å². The fourth-order valence-electron chi connectivity index (χ4n) is 7.23. The largest absolute Gasteiger partial charge is 0.432 e. The number of hydrogen-bond acceptors (Lipinski definition) is 5. The van der Waals surface area contributed by atoms with E-state index in [0.717, 1.165) is 40.2 Å². The summed E-state index contributed by atoms with van der Waals surface area (Å²) in [5.74, 6) is -0.303. The molecule has 0 bridgehead atoms. The number of aliphatic hydroxyl groups is 1. The SMILES string of the molecule is C[C@@H]1[C@@H]([Si](C)(C)O)[C@H](CCO)O[C@@]12C(=O)N(Cc1ccc(N3C(=O)CCc4ccccc43)cc1)c1ccccc12. The molecule has 3 aliphatic rings. The second-order valence-electron chi connectivity index (χ2n) is 11.8. The fraction of sp³-hybridized carbons (Fsp3) is 0.375. The lowest BCUT2D eigenvalue weighted by atomic mass is 9.82. The molecule has 7 nitrogen and oxygen atoms in total. The summed E-state index contributed by atoms with van der Waals surface area (Å²) in [6.07, 6.45) is 1.21. The van der Waals surface area contributed by atoms with Crippen LogP contribution < -0.4 is 9.80 Å². The highest BCUT2D eigenvalue weighted by atomic mass is 28.4. The highest BCUT2D eigenvalue weighted by Gasteiger charge is 2.66. The van der Waals surface area contributed by atoms with E-state index in [2.05, 4.69) is 6.07 Å². The third kappa shape index (κ3) is 4.13. The smallest absolute Gasteiger partial charge is 0.264 e. The predicted molar refractivity (Wildman–Crippen MR) is 157 cm³/mol. The van der Waals surface area contributed by atoms with Crippen LogP contribution in [-0.2, 0) is 32.9 Å². The number of aryl methyl sites for hydroxylation is 1. The first-order chi connectivity index (χ1) is 19.2. The van der Waals surface area contributed by atoms with Gasteiger partial charge < -0.3 is 19.5 Å². The number of carbonyl (C=O) groups excluding carboxylic acids is 2. The highest BCUT2D eigenvalue weighted by Crippen LogP contribution is 2.59. The highest BCUT2D eigenvalue weighted by molar-refractivity contribution is 6.71. The molecule has 3 heterocycles. The third-order valence-corrected chi connectivity index (χ3v) is 11.4. The van der Waals surface area contributed by atoms with Gasteiger partial charge in [0.05, 0.1) is 24.0 Å². The molecule has 2 amide bonds. The zero-order valence-corrected chi connectivity index (χ0v) is 24.2. The zero-order valence-electron chi connectivity index (χ0n) is 23.2. The second-order valence-corrected chi connectivity index (χ2v) is 15.8. The molecule has 6 rings (SSSR count). The quantitative estimate of drug-likeness (QED) is 0.416. The molecule has 0 radical (unpaired) electrons. The van der Waals surface area contributed by atoms with Gasteiger partial charge in [-0.25, -0.2) is 0 Å². The molecule has 0 unspecified atom stereocenters. The maximum atomic E-state index is 14.3. The summed E-state index contributed by atoms with van der Waals surface area (Å²) in [6, 6.07) is 23.6. The monoisotopic (exact) mass is 556 g/mol. The molecule has 0 aromatic heterocycles. The van der Waals surface area contributed by atoms with Gasteiger partial charge >= 0.3 is 0 Å². The number of hydrogen-bond donors (Lipinski definition) is 2. The van der Waals surface area contributed by atoms with Crippen LogP contribution in [0, 0.1) is 5.92 Å². The molecule has 3 aromatic rings. The Morgan fingerprint density at radius 1 is 0.950 bits per heavy atom. The number of anilines is 3. The number of rotatable bonds is 6. The first-order valence-corrected chi connectivity index (χ1v) is 17.1. The maximum Gasteiger partial charge on any atom is 0.264 e. The molecule has 1 saturated heterocycles. The van der Waals surface area contributed by atoms with Crippen LogP contribution in [0.15, 0.2) is 72.8 Å². The minimum Gasteiger partial charge on any atom is -0.432 e. The van der Waals surface area contributed by atoms with Gasteiger partial charge in [0.2, 0.25) is 5.91 Å². The van der Waals surface area contributed by atoms with Gasteiger partial charge in [0, 0.05) is 35.7 Å². The molecule has 8 heteroatoms. The van der Waals surface area contributed by atoms with E-state index in [1.165, 1.54) is 0 Å². The molecule has 1 fully saturated rings. The van der Waals surface area contributed by atoms with Crippen molar-refractivity contribution in [1.82, 2.24) is 0 Å². The van der Waals surface area contributed by atoms with Crippen molar-refractivity contribution in [2.24, 2.45) is 5.92 Å². The minimum absolute atomic E-state index is 0.0651. The number of benzene rings is 3. The average Bonchev–Trinajstić information content (AvgIpc) is 3.36. The molecule has 40 heavy (non-hydrogen) atoms. The van der Waals surface area contributed by atoms with E-state index in [1.807, 2.05) is 86.7 Å². The van der Waals surface area contributed by atoms with Crippen LogP contribution in [0.25, 0.3) is 0 Å². The van der Waals surface area contributed by atoms with Crippen molar-refractivity contribution < 1.29 is 24.2 Å². The number of carbonyl (C=O) groups is 2. The van der Waals surface area contributed by atoms with Crippen molar-refractivity contribution >= 4 is 37.2 Å². The summed E-state index contributed by atoms with van der Waals surface area (Å²) >= 11 is 0. The standard InChI is InChI=1S/C32H36N2O5Si/c1-21-30(40(2,3)38)28(18-19-35)39-32(21)25-9-5-7-11-27(25)33(31(32)37)20-22-12-15-24(16-13-22)34-26-10-6-4-8-23(26)14-17-29(34)36/h4-13,15-16,21,28,30,35,38H,14,17-20H2,1-3H3/t21-,28+,30-,32+/m1/s1. The molecule has 4 atom stereocenters. The fourth-order valence-corrected chi connectivity index (χ4v) is 9.83. The Balaban J connectivity index is 1.32. The lowest BCUT2D eigenvalue weighted by Gasteiger charge is -2.32. The molecular weight excluding hydrogens is 520 g/mol. The summed E-state index contributed by atoms with van der Waals surface area (Å²) in [5.41, 5.74) is 4.07. The van der Waals surface area contributed by atoms with E-state index < -0.39 is 20.0 Å². The molecule has 0 aliphatic carbocycles. The van der Waals surface area contributed by atoms with Gasteiger partial charge in [-0.2, -0.15) is 0 Å². The van der Waals surface area contributed by atoms with E-state index >= 15 is 0 Å². The molecular formula is C32H36N2O5Si. The van der Waals surface area contributed by atoms with Gasteiger partial charge in [-0.05, 0) is 61.3 Å². The number of fused-ring (bicyclic) bond motifs is 3. The van der Waals surface area contributed by atoms with Crippen LogP contribution in [0.3, 0.4) is 0 Å². The van der Waals surface area contributed by atoms with Crippen molar-refractivity contribution in [2.45, 2.75) is 63.1 Å². The summed E-state index contributed by atoms with van der Waals surface area (Å²) < 4.78 is 6.63. The van der Waals surface area contributed by atoms with Gasteiger partial charge in [-0.1, -0.05) is 55.5 Å². The van der Waals surface area contributed by atoms with E-state index in [-0.39, 0.29) is 29.9 Å². The minimum atomic E-state index is -2.72. The maximum absolute atomic E-state index is 14.3. The average molecular weight is 557 g/mol. The normalized spacial score (nSPS) is 26.0. The number of amides is 2. The van der Waals surface area contributed by atoms with Gasteiger partial charge in [0.25, 0.3) is 5.91 Å². The number of nitrogens with zero attached hydrogens (tertiary/aromatic N) is 2. The summed E-state index contributed by atoms with van der Waals surface area (Å²) in [7, 11) is -2.72. The number of ether oxygens (including phenoxy) is 1. The van der Waals surface area contributed by atoms with E-state index in [9.17, 15) is 19.5 Å².